The van der Waals surface area contributed by atoms with Gasteiger partial charge in [-0.2, -0.15) is 0 Å². The van der Waals surface area contributed by atoms with Gasteiger partial charge in [-0.1, -0.05) is 13.8 Å². The van der Waals surface area contributed by atoms with E-state index in [2.05, 4.69) is 12.2 Å². The summed E-state index contributed by atoms with van der Waals surface area (Å²) in [4.78, 5) is 0. The highest BCUT2D eigenvalue weighted by molar-refractivity contribution is 4.62. The van der Waals surface area contributed by atoms with Gasteiger partial charge in [-0.15, -0.1) is 0 Å². The Kier molecular flexibility index (Phi) is 4.65. The van der Waals surface area contributed by atoms with Gasteiger partial charge in [0.05, 0.1) is 0 Å². The maximum absolute atomic E-state index is 9.38. The second kappa shape index (κ2) is 4.69. The van der Waals surface area contributed by atoms with E-state index in [1.807, 2.05) is 20.8 Å². The van der Waals surface area contributed by atoms with Crippen molar-refractivity contribution in [2.45, 2.75) is 46.4 Å². The quantitative estimate of drug-likeness (QED) is 0.585. The topological polar surface area (TPSA) is 32.3 Å². The Balaban J connectivity index is 3.50. The largest absolute Gasteiger partial charge is 0.378 e. The Morgan fingerprint density at radius 1 is 1.30 bits per heavy atom. The molecule has 2 nitrogen and oxygen atoms in total. The first-order valence-corrected chi connectivity index (χ1v) is 4.02. The van der Waals surface area contributed by atoms with E-state index in [0.717, 1.165) is 6.42 Å². The molecule has 0 aliphatic rings. The maximum Gasteiger partial charge on any atom is 0.107 e. The van der Waals surface area contributed by atoms with E-state index < -0.39 is 0 Å². The second-order valence-corrected chi connectivity index (χ2v) is 3.15. The Labute approximate surface area is 63.6 Å². The van der Waals surface area contributed by atoms with Gasteiger partial charge in [0.2, 0.25) is 0 Å². The van der Waals surface area contributed by atoms with Crippen LogP contribution in [0.15, 0.2) is 0 Å². The number of nitrogens with one attached hydrogen (secondary N) is 1. The highest BCUT2D eigenvalue weighted by Gasteiger charge is 2.11. The monoisotopic (exact) mass is 145 g/mol. The summed E-state index contributed by atoms with van der Waals surface area (Å²) in [6, 6.07) is 0.365. The van der Waals surface area contributed by atoms with Crippen LogP contribution in [0.3, 0.4) is 0 Å². The molecule has 0 saturated carbocycles. The number of hydrogen-bond donors (Lipinski definition) is 2. The average Bonchev–Trinajstić information content (AvgIpc) is 1.85. The van der Waals surface area contributed by atoms with Gasteiger partial charge in [0.1, 0.15) is 6.23 Å². The summed E-state index contributed by atoms with van der Waals surface area (Å²) in [5.41, 5.74) is 0. The molecule has 0 amide bonds. The smallest absolute Gasteiger partial charge is 0.107 e. The molecule has 0 bridgehead atoms. The molecule has 0 aromatic carbocycles. The van der Waals surface area contributed by atoms with Crippen LogP contribution in [-0.2, 0) is 0 Å². The fourth-order valence-corrected chi connectivity index (χ4v) is 0.729. The Bertz CT molecular complexity index is 83.3. The van der Waals surface area contributed by atoms with Crippen LogP contribution in [-0.4, -0.2) is 17.4 Å². The predicted octanol–water partition coefficient (Wildman–Crippen LogP) is 1.35. The summed E-state index contributed by atoms with van der Waals surface area (Å²) < 4.78 is 0. The lowest BCUT2D eigenvalue weighted by molar-refractivity contribution is 0.0727. The first-order chi connectivity index (χ1) is 4.57. The molecule has 1 unspecified atom stereocenters. The van der Waals surface area contributed by atoms with Crippen LogP contribution in [0, 0.1) is 5.92 Å². The molecule has 0 saturated heterocycles. The zero-order chi connectivity index (χ0) is 8.15. The molecule has 0 aliphatic heterocycles. The lowest BCUT2D eigenvalue weighted by Crippen LogP contribution is -2.38. The lowest BCUT2D eigenvalue weighted by Gasteiger charge is -2.20. The Morgan fingerprint density at radius 3 is 2.10 bits per heavy atom. The maximum atomic E-state index is 9.38. The van der Waals surface area contributed by atoms with E-state index in [-0.39, 0.29) is 6.23 Å². The predicted molar refractivity (Wildman–Crippen MR) is 43.7 cm³/mol. The van der Waals surface area contributed by atoms with Crippen LogP contribution in [0.5, 0.6) is 0 Å². The van der Waals surface area contributed by atoms with Crippen LogP contribution in [0.25, 0.3) is 0 Å². The molecule has 0 spiro atoms. The number of rotatable bonds is 4. The summed E-state index contributed by atoms with van der Waals surface area (Å²) in [6.45, 7) is 8.19. The van der Waals surface area contributed by atoms with Gasteiger partial charge in [0, 0.05) is 6.04 Å². The zero-order valence-electron chi connectivity index (χ0n) is 7.39. The molecular weight excluding hydrogens is 126 g/mol. The summed E-state index contributed by atoms with van der Waals surface area (Å²) in [5, 5.41) is 12.4. The average molecular weight is 145 g/mol. The molecule has 0 rings (SSSR count). The summed E-state index contributed by atoms with van der Waals surface area (Å²) >= 11 is 0. The highest BCUT2D eigenvalue weighted by atomic mass is 16.3. The molecule has 62 valence electrons. The van der Waals surface area contributed by atoms with Crippen molar-refractivity contribution in [1.82, 2.24) is 5.32 Å². The van der Waals surface area contributed by atoms with Crippen molar-refractivity contribution in [3.63, 3.8) is 0 Å². The van der Waals surface area contributed by atoms with Crippen molar-refractivity contribution in [1.29, 1.82) is 0 Å². The van der Waals surface area contributed by atoms with Crippen molar-refractivity contribution in [3.8, 4) is 0 Å². The fourth-order valence-electron chi connectivity index (χ4n) is 0.729. The second-order valence-electron chi connectivity index (χ2n) is 3.15. The first kappa shape index (κ1) is 9.92. The summed E-state index contributed by atoms with van der Waals surface area (Å²) in [6.07, 6.45) is 0.672. The molecule has 0 radical (unpaired) electrons. The normalized spacial score (nSPS) is 17.4. The van der Waals surface area contributed by atoms with Gasteiger partial charge < -0.3 is 5.11 Å². The third-order valence-electron chi connectivity index (χ3n) is 1.69. The number of hydrogen-bond acceptors (Lipinski definition) is 2. The number of aliphatic hydroxyl groups is 1. The standard InChI is InChI=1S/C8H19NO/c1-5-7(4)8(10)9-6(2)3/h6-10H,5H2,1-4H3/t7-,8?/m0/s1. The lowest BCUT2D eigenvalue weighted by atomic mass is 10.1. The van der Waals surface area contributed by atoms with Crippen LogP contribution >= 0.6 is 0 Å². The van der Waals surface area contributed by atoms with E-state index in [1.165, 1.54) is 0 Å². The van der Waals surface area contributed by atoms with Crippen LogP contribution in [0.2, 0.25) is 0 Å². The molecular formula is C8H19NO. The van der Waals surface area contributed by atoms with Crippen LogP contribution in [0.1, 0.15) is 34.1 Å². The Morgan fingerprint density at radius 2 is 1.80 bits per heavy atom. The fraction of sp³-hybridized carbons (Fsp3) is 1.00. The third kappa shape index (κ3) is 3.85. The molecule has 0 heterocycles. The van der Waals surface area contributed by atoms with Gasteiger partial charge in [0.15, 0.2) is 0 Å². The number of aliphatic hydroxyl groups excluding tert-OH is 1. The highest BCUT2D eigenvalue weighted by Crippen LogP contribution is 2.04. The van der Waals surface area contributed by atoms with Crippen molar-refractivity contribution in [2.24, 2.45) is 5.92 Å². The van der Waals surface area contributed by atoms with Crippen LogP contribution in [0.4, 0.5) is 0 Å². The third-order valence-corrected chi connectivity index (χ3v) is 1.69. The molecule has 0 aliphatic carbocycles. The van der Waals surface area contributed by atoms with E-state index >= 15 is 0 Å². The van der Waals surface area contributed by atoms with E-state index in [9.17, 15) is 5.11 Å². The summed E-state index contributed by atoms with van der Waals surface area (Å²) in [7, 11) is 0. The molecule has 2 N–H and O–H groups in total. The van der Waals surface area contributed by atoms with Crippen molar-refractivity contribution < 1.29 is 5.11 Å². The van der Waals surface area contributed by atoms with Crippen molar-refractivity contribution in [2.75, 3.05) is 0 Å². The Hall–Kier alpha value is -0.0800. The van der Waals surface area contributed by atoms with E-state index in [1.54, 1.807) is 0 Å². The van der Waals surface area contributed by atoms with Crippen LogP contribution < -0.4 is 5.32 Å². The molecule has 0 aromatic rings. The van der Waals surface area contributed by atoms with Crippen molar-refractivity contribution in [3.05, 3.63) is 0 Å². The minimum atomic E-state index is -0.343. The molecule has 0 fully saturated rings. The minimum Gasteiger partial charge on any atom is -0.378 e. The van der Waals surface area contributed by atoms with Gasteiger partial charge in [-0.05, 0) is 26.2 Å². The van der Waals surface area contributed by atoms with Gasteiger partial charge in [-0.25, -0.2) is 0 Å². The van der Waals surface area contributed by atoms with Gasteiger partial charge in [-0.3, -0.25) is 5.32 Å². The van der Waals surface area contributed by atoms with Gasteiger partial charge >= 0.3 is 0 Å². The van der Waals surface area contributed by atoms with E-state index in [4.69, 9.17) is 0 Å². The van der Waals surface area contributed by atoms with E-state index in [0.29, 0.717) is 12.0 Å². The molecule has 2 atom stereocenters. The van der Waals surface area contributed by atoms with Gasteiger partial charge in [0.25, 0.3) is 0 Å². The first-order valence-electron chi connectivity index (χ1n) is 4.02. The minimum absolute atomic E-state index is 0.343. The molecule has 2 heteroatoms. The zero-order valence-corrected chi connectivity index (χ0v) is 7.39. The molecule has 0 aromatic heterocycles. The molecule has 10 heavy (non-hydrogen) atoms. The SMILES string of the molecule is CC[C@H](C)C(O)NC(C)C. The van der Waals surface area contributed by atoms with Crippen molar-refractivity contribution >= 4 is 0 Å². The summed E-state index contributed by atoms with van der Waals surface area (Å²) in [5.74, 6) is 0.349.